The lowest BCUT2D eigenvalue weighted by molar-refractivity contribution is 0.102. The zero-order valence-electron chi connectivity index (χ0n) is 18.1. The molecule has 33 heavy (non-hydrogen) atoms. The van der Waals surface area contributed by atoms with Crippen molar-refractivity contribution in [2.45, 2.75) is 13.8 Å². The summed E-state index contributed by atoms with van der Waals surface area (Å²) in [4.78, 5) is 23.0. The van der Waals surface area contributed by atoms with Crippen LogP contribution in [0.2, 0.25) is 5.02 Å². The lowest BCUT2D eigenvalue weighted by Gasteiger charge is -2.14. The first-order valence-electron chi connectivity index (χ1n) is 10.5. The van der Waals surface area contributed by atoms with Crippen LogP contribution in [0.4, 0.5) is 5.13 Å². The first-order valence-corrected chi connectivity index (χ1v) is 11.7. The van der Waals surface area contributed by atoms with Crippen LogP contribution in [0.3, 0.4) is 0 Å². The molecule has 0 aliphatic heterocycles. The number of aromatic nitrogens is 2. The van der Waals surface area contributed by atoms with Gasteiger partial charge in [-0.05, 0) is 37.6 Å². The molecule has 2 aromatic heterocycles. The fourth-order valence-electron chi connectivity index (χ4n) is 3.84. The number of para-hydroxylation sites is 1. The first-order chi connectivity index (χ1) is 16.0. The van der Waals surface area contributed by atoms with Gasteiger partial charge in [0.2, 0.25) is 0 Å². The molecule has 0 spiro atoms. The summed E-state index contributed by atoms with van der Waals surface area (Å²) < 4.78 is 0. The number of aryl methyl sites for hydroxylation is 1. The van der Waals surface area contributed by atoms with Gasteiger partial charge in [-0.25, -0.2) is 9.97 Å². The Hall–Kier alpha value is -3.54. The highest BCUT2D eigenvalue weighted by molar-refractivity contribution is 7.14. The van der Waals surface area contributed by atoms with Gasteiger partial charge in [0.05, 0.1) is 22.5 Å². The zero-order chi connectivity index (χ0) is 22.9. The van der Waals surface area contributed by atoms with Crippen molar-refractivity contribution < 1.29 is 4.79 Å². The number of hydrogen-bond donors (Lipinski definition) is 1. The second kappa shape index (κ2) is 8.77. The van der Waals surface area contributed by atoms with Crippen LogP contribution in [0, 0.1) is 13.8 Å². The third kappa shape index (κ3) is 4.25. The van der Waals surface area contributed by atoms with Crippen molar-refractivity contribution in [3.05, 3.63) is 99.9 Å². The number of carbonyl (C=O) groups excluding carboxylic acids is 1. The molecule has 0 fully saturated rings. The molecule has 0 radical (unpaired) electrons. The summed E-state index contributed by atoms with van der Waals surface area (Å²) in [5.74, 6) is -0.198. The number of thiazole rings is 1. The molecule has 0 saturated heterocycles. The van der Waals surface area contributed by atoms with Gasteiger partial charge in [-0.1, -0.05) is 71.8 Å². The van der Waals surface area contributed by atoms with Crippen molar-refractivity contribution in [2.75, 3.05) is 5.32 Å². The van der Waals surface area contributed by atoms with Gasteiger partial charge in [0.25, 0.3) is 5.91 Å². The molecule has 5 aromatic rings. The van der Waals surface area contributed by atoms with Gasteiger partial charge in [-0.2, -0.15) is 0 Å². The largest absolute Gasteiger partial charge is 0.298 e. The number of benzene rings is 3. The molecule has 0 aliphatic rings. The standard InChI is InChI=1S/C27H20ClN3OS/c1-16-7-9-19(10-8-16)25-17(2)24(21-5-3-4-6-22(21)29-25)26(32)31-27-30-23(15-33-27)18-11-13-20(28)14-12-18/h3-15H,1-2H3,(H,30,31,32). The average molecular weight is 470 g/mol. The molecule has 0 aliphatic carbocycles. The number of hydrogen-bond acceptors (Lipinski definition) is 4. The summed E-state index contributed by atoms with van der Waals surface area (Å²) in [5.41, 5.74) is 6.94. The van der Waals surface area contributed by atoms with E-state index in [0.29, 0.717) is 15.7 Å². The highest BCUT2D eigenvalue weighted by Gasteiger charge is 2.20. The van der Waals surface area contributed by atoms with Crippen molar-refractivity contribution in [1.29, 1.82) is 0 Å². The van der Waals surface area contributed by atoms with Crippen molar-refractivity contribution in [3.8, 4) is 22.5 Å². The number of nitrogens with one attached hydrogen (secondary N) is 1. The number of amides is 1. The molecule has 1 N–H and O–H groups in total. The van der Waals surface area contributed by atoms with Crippen molar-refractivity contribution >= 4 is 44.9 Å². The second-order valence-corrected chi connectivity index (χ2v) is 9.14. The van der Waals surface area contributed by atoms with Crippen LogP contribution in [0.25, 0.3) is 33.4 Å². The highest BCUT2D eigenvalue weighted by Crippen LogP contribution is 2.31. The molecule has 0 unspecified atom stereocenters. The Morgan fingerprint density at radius 2 is 1.58 bits per heavy atom. The van der Waals surface area contributed by atoms with E-state index >= 15 is 0 Å². The van der Waals surface area contributed by atoms with E-state index in [2.05, 4.69) is 29.4 Å². The van der Waals surface area contributed by atoms with Crippen molar-refractivity contribution in [2.24, 2.45) is 0 Å². The summed E-state index contributed by atoms with van der Waals surface area (Å²) in [5, 5.41) is 6.95. The number of nitrogens with zero attached hydrogens (tertiary/aromatic N) is 2. The lowest BCUT2D eigenvalue weighted by Crippen LogP contribution is -2.15. The Balaban J connectivity index is 1.54. The summed E-state index contributed by atoms with van der Waals surface area (Å²) in [6.45, 7) is 4.00. The van der Waals surface area contributed by atoms with E-state index in [0.717, 1.165) is 39.0 Å². The molecule has 3 aromatic carbocycles. The smallest absolute Gasteiger partial charge is 0.258 e. The van der Waals surface area contributed by atoms with Gasteiger partial charge in [0, 0.05) is 26.9 Å². The predicted octanol–water partition coefficient (Wildman–Crippen LogP) is 7.55. The van der Waals surface area contributed by atoms with E-state index in [-0.39, 0.29) is 5.91 Å². The quantitative estimate of drug-likeness (QED) is 0.295. The Labute approximate surface area is 200 Å². The fourth-order valence-corrected chi connectivity index (χ4v) is 4.68. The van der Waals surface area contributed by atoms with Crippen LogP contribution in [0.1, 0.15) is 21.5 Å². The molecule has 6 heteroatoms. The van der Waals surface area contributed by atoms with Crippen LogP contribution in [-0.2, 0) is 0 Å². The summed E-state index contributed by atoms with van der Waals surface area (Å²) in [7, 11) is 0. The minimum absolute atomic E-state index is 0.198. The van der Waals surface area contributed by atoms with E-state index in [1.165, 1.54) is 16.9 Å². The maximum atomic E-state index is 13.5. The third-order valence-corrected chi connectivity index (χ3v) is 6.56. The molecule has 0 saturated carbocycles. The van der Waals surface area contributed by atoms with E-state index in [1.807, 2.05) is 73.0 Å². The summed E-state index contributed by atoms with van der Waals surface area (Å²) in [6, 6.07) is 23.4. The molecule has 0 bridgehead atoms. The predicted molar refractivity (Wildman–Crippen MR) is 137 cm³/mol. The maximum Gasteiger partial charge on any atom is 0.258 e. The van der Waals surface area contributed by atoms with Gasteiger partial charge >= 0.3 is 0 Å². The van der Waals surface area contributed by atoms with Gasteiger partial charge in [0.1, 0.15) is 0 Å². The number of carbonyl (C=O) groups is 1. The van der Waals surface area contributed by atoms with E-state index < -0.39 is 0 Å². The van der Waals surface area contributed by atoms with E-state index in [1.54, 1.807) is 0 Å². The summed E-state index contributed by atoms with van der Waals surface area (Å²) in [6.07, 6.45) is 0. The normalized spacial score (nSPS) is 11.0. The second-order valence-electron chi connectivity index (χ2n) is 7.84. The topological polar surface area (TPSA) is 54.9 Å². The van der Waals surface area contributed by atoms with E-state index in [9.17, 15) is 4.79 Å². The Morgan fingerprint density at radius 1 is 0.879 bits per heavy atom. The first kappa shape index (κ1) is 21.3. The molecule has 1 amide bonds. The number of rotatable bonds is 4. The van der Waals surface area contributed by atoms with Gasteiger partial charge in [-0.3, -0.25) is 10.1 Å². The molecule has 4 nitrogen and oxygen atoms in total. The van der Waals surface area contributed by atoms with Gasteiger partial charge < -0.3 is 0 Å². The van der Waals surface area contributed by atoms with Crippen LogP contribution >= 0.6 is 22.9 Å². The Kier molecular flexibility index (Phi) is 5.67. The van der Waals surface area contributed by atoms with Crippen LogP contribution < -0.4 is 5.32 Å². The molecule has 2 heterocycles. The Morgan fingerprint density at radius 3 is 2.33 bits per heavy atom. The van der Waals surface area contributed by atoms with Crippen molar-refractivity contribution in [3.63, 3.8) is 0 Å². The zero-order valence-corrected chi connectivity index (χ0v) is 19.7. The fraction of sp³-hybridized carbons (Fsp3) is 0.0741. The minimum Gasteiger partial charge on any atom is -0.298 e. The third-order valence-electron chi connectivity index (χ3n) is 5.55. The van der Waals surface area contributed by atoms with Gasteiger partial charge in [0.15, 0.2) is 5.13 Å². The van der Waals surface area contributed by atoms with E-state index in [4.69, 9.17) is 16.6 Å². The molecule has 5 rings (SSSR count). The highest BCUT2D eigenvalue weighted by atomic mass is 35.5. The molecular weight excluding hydrogens is 450 g/mol. The number of pyridine rings is 1. The molecule has 162 valence electrons. The Bertz CT molecular complexity index is 1470. The number of fused-ring (bicyclic) bond motifs is 1. The number of halogens is 1. The maximum absolute atomic E-state index is 13.5. The average Bonchev–Trinajstić information content (AvgIpc) is 3.28. The lowest BCUT2D eigenvalue weighted by atomic mass is 9.97. The van der Waals surface area contributed by atoms with Crippen LogP contribution in [0.5, 0.6) is 0 Å². The van der Waals surface area contributed by atoms with Gasteiger partial charge in [-0.15, -0.1) is 11.3 Å². The number of anilines is 1. The monoisotopic (exact) mass is 469 g/mol. The molecule has 0 atom stereocenters. The van der Waals surface area contributed by atoms with Crippen molar-refractivity contribution in [1.82, 2.24) is 9.97 Å². The SMILES string of the molecule is Cc1ccc(-c2nc3ccccc3c(C(=O)Nc3nc(-c4ccc(Cl)cc4)cs3)c2C)cc1. The molecular formula is C27H20ClN3OS. The van der Waals surface area contributed by atoms with Crippen LogP contribution in [-0.4, -0.2) is 15.9 Å². The van der Waals surface area contributed by atoms with Crippen LogP contribution in [0.15, 0.2) is 78.2 Å². The minimum atomic E-state index is -0.198. The summed E-state index contributed by atoms with van der Waals surface area (Å²) >= 11 is 7.38.